The lowest BCUT2D eigenvalue weighted by Gasteiger charge is -1.93. The second kappa shape index (κ2) is 2.64. The second-order valence-electron chi connectivity index (χ2n) is 0.707. The van der Waals surface area contributed by atoms with Crippen molar-refractivity contribution >= 4 is 24.2 Å². The van der Waals surface area contributed by atoms with E-state index >= 15 is 0 Å². The highest BCUT2D eigenvalue weighted by Crippen LogP contribution is 2.10. The first-order valence-corrected chi connectivity index (χ1v) is 2.20. The zero-order valence-corrected chi connectivity index (χ0v) is 4.39. The van der Waals surface area contributed by atoms with E-state index in [0.717, 1.165) is 0 Å². The molecule has 4 heteroatoms. The van der Waals surface area contributed by atoms with E-state index < -0.39 is 11.1 Å². The fourth-order valence-electron chi connectivity index (χ4n) is 0. The average molecular weight is 133 g/mol. The molecule has 6 heavy (non-hydrogen) atoms. The molecule has 0 N–H and O–H groups in total. The largest absolute Gasteiger partial charge is 0.263 e. The number of halogens is 3. The van der Waals surface area contributed by atoms with Gasteiger partial charge in [0.25, 0.3) is 6.43 Å². The van der Waals surface area contributed by atoms with Gasteiger partial charge in [-0.3, -0.25) is 0 Å². The Labute approximate surface area is 44.9 Å². The third-order valence-corrected chi connectivity index (χ3v) is 0.624. The normalized spacial score (nSPS) is 15.5. The van der Waals surface area contributed by atoms with Crippen LogP contribution in [-0.2, 0) is 0 Å². The van der Waals surface area contributed by atoms with Gasteiger partial charge in [0.2, 0.25) is 0 Å². The molecule has 0 bridgehead atoms. The van der Waals surface area contributed by atoms with Gasteiger partial charge in [0.15, 0.2) is 0 Å². The first-order chi connectivity index (χ1) is 2.64. The van der Waals surface area contributed by atoms with Crippen molar-refractivity contribution < 1.29 is 8.78 Å². The molecule has 1 unspecified atom stereocenters. The summed E-state index contributed by atoms with van der Waals surface area (Å²) >= 11 is 7.94. The van der Waals surface area contributed by atoms with Gasteiger partial charge in [-0.05, 0) is 0 Å². The van der Waals surface area contributed by atoms with E-state index in [4.69, 9.17) is 11.6 Å². The molecule has 0 saturated heterocycles. The fraction of sp³-hybridized carbons (Fsp3) is 1.00. The molecule has 0 heterocycles. The lowest BCUT2D eigenvalue weighted by Crippen LogP contribution is -1.99. The molecule has 0 aromatic carbocycles. The van der Waals surface area contributed by atoms with E-state index in [1.807, 2.05) is 0 Å². The summed E-state index contributed by atoms with van der Waals surface area (Å²) in [5.74, 6) is 0. The smallest absolute Gasteiger partial charge is 0.208 e. The van der Waals surface area contributed by atoms with Crippen molar-refractivity contribution in [2.45, 2.75) is 11.1 Å². The van der Waals surface area contributed by atoms with Crippen LogP contribution in [0.3, 0.4) is 0 Å². The van der Waals surface area contributed by atoms with Crippen LogP contribution in [0.5, 0.6) is 0 Å². The fourth-order valence-corrected chi connectivity index (χ4v) is 0. The summed E-state index contributed by atoms with van der Waals surface area (Å²) in [4.78, 5) is 0. The Hall–Kier alpha value is 0.500. The maximum absolute atomic E-state index is 10.9. The average Bonchev–Trinajstić information content (AvgIpc) is 1.36. The minimum absolute atomic E-state index is 1.31. The van der Waals surface area contributed by atoms with Crippen LogP contribution in [0.4, 0.5) is 8.78 Å². The van der Waals surface area contributed by atoms with Crippen LogP contribution in [0.1, 0.15) is 0 Å². The van der Waals surface area contributed by atoms with Crippen molar-refractivity contribution in [2.75, 3.05) is 0 Å². The van der Waals surface area contributed by atoms with Gasteiger partial charge >= 0.3 is 0 Å². The minimum Gasteiger partial charge on any atom is -0.208 e. The Bertz CT molecular complexity index is 32.5. The summed E-state index contributed by atoms with van der Waals surface area (Å²) in [6, 6.07) is 0. The Balaban J connectivity index is 2.99. The highest BCUT2D eigenvalue weighted by atomic mass is 35.5. The topological polar surface area (TPSA) is 0 Å². The molecule has 0 spiro atoms. The van der Waals surface area contributed by atoms with Crippen molar-refractivity contribution in [1.29, 1.82) is 0 Å². The summed E-state index contributed by atoms with van der Waals surface area (Å²) in [5, 5.41) is 0. The summed E-state index contributed by atoms with van der Waals surface area (Å²) in [7, 11) is 0. The van der Waals surface area contributed by atoms with Crippen LogP contribution in [0.15, 0.2) is 0 Å². The zero-order chi connectivity index (χ0) is 5.15. The molecule has 0 saturated carbocycles. The number of alkyl halides is 3. The SMILES string of the molecule is FC(F)C(S)Cl. The van der Waals surface area contributed by atoms with Crippen molar-refractivity contribution in [3.63, 3.8) is 0 Å². The standard InChI is InChI=1S/C2H3ClF2S/c3-1(6)2(4)5/h1-2,6H. The third-order valence-electron chi connectivity index (χ3n) is 0.208. The molecule has 0 aliphatic carbocycles. The molecule has 0 aromatic heterocycles. The minimum atomic E-state index is -2.52. The Morgan fingerprint density at radius 3 is 1.67 bits per heavy atom. The molecule has 38 valence electrons. The molecule has 0 aliphatic heterocycles. The first kappa shape index (κ1) is 6.50. The van der Waals surface area contributed by atoms with Crippen LogP contribution >= 0.6 is 24.2 Å². The van der Waals surface area contributed by atoms with Crippen LogP contribution in [0.25, 0.3) is 0 Å². The molecule has 0 amide bonds. The molecular formula is C2H3ClF2S. The Morgan fingerprint density at radius 2 is 1.67 bits per heavy atom. The number of hydrogen-bond donors (Lipinski definition) is 1. The maximum Gasteiger partial charge on any atom is 0.263 e. The maximum atomic E-state index is 10.9. The van der Waals surface area contributed by atoms with Gasteiger partial charge < -0.3 is 0 Å². The van der Waals surface area contributed by atoms with Gasteiger partial charge in [0.1, 0.15) is 4.71 Å². The van der Waals surface area contributed by atoms with Gasteiger partial charge in [0.05, 0.1) is 0 Å². The van der Waals surface area contributed by atoms with Gasteiger partial charge in [-0.25, -0.2) is 8.78 Å². The predicted molar refractivity (Wildman–Crippen MR) is 24.6 cm³/mol. The molecule has 0 nitrogen and oxygen atoms in total. The number of thiol groups is 1. The van der Waals surface area contributed by atoms with Crippen LogP contribution in [0.2, 0.25) is 0 Å². The Kier molecular flexibility index (Phi) is 2.86. The van der Waals surface area contributed by atoms with E-state index in [1.54, 1.807) is 0 Å². The second-order valence-corrected chi connectivity index (χ2v) is 2.04. The number of rotatable bonds is 1. The van der Waals surface area contributed by atoms with Gasteiger partial charge in [-0.1, -0.05) is 0 Å². The van der Waals surface area contributed by atoms with Crippen molar-refractivity contribution in [2.24, 2.45) is 0 Å². The highest BCUT2D eigenvalue weighted by Gasteiger charge is 2.09. The van der Waals surface area contributed by atoms with Crippen molar-refractivity contribution in [3.05, 3.63) is 0 Å². The van der Waals surface area contributed by atoms with E-state index in [1.165, 1.54) is 0 Å². The van der Waals surface area contributed by atoms with Gasteiger partial charge in [-0.15, -0.1) is 11.6 Å². The lowest BCUT2D eigenvalue weighted by atomic mass is 10.8. The zero-order valence-electron chi connectivity index (χ0n) is 2.74. The van der Waals surface area contributed by atoms with Gasteiger partial charge in [-0.2, -0.15) is 12.6 Å². The highest BCUT2D eigenvalue weighted by molar-refractivity contribution is 7.82. The van der Waals surface area contributed by atoms with Gasteiger partial charge in [0, 0.05) is 0 Å². The lowest BCUT2D eigenvalue weighted by molar-refractivity contribution is 0.167. The molecular weight excluding hydrogens is 130 g/mol. The monoisotopic (exact) mass is 132 g/mol. The third kappa shape index (κ3) is 2.72. The van der Waals surface area contributed by atoms with Crippen LogP contribution in [0, 0.1) is 0 Å². The van der Waals surface area contributed by atoms with Crippen molar-refractivity contribution in [3.8, 4) is 0 Å². The van der Waals surface area contributed by atoms with E-state index in [2.05, 4.69) is 12.6 Å². The summed E-state index contributed by atoms with van der Waals surface area (Å²) < 4.78 is 20.6. The first-order valence-electron chi connectivity index (χ1n) is 1.25. The molecule has 0 radical (unpaired) electrons. The number of hydrogen-bond acceptors (Lipinski definition) is 1. The molecule has 0 aliphatic rings. The summed E-state index contributed by atoms with van der Waals surface area (Å²) in [6.07, 6.45) is -2.52. The van der Waals surface area contributed by atoms with E-state index in [0.29, 0.717) is 0 Å². The Morgan fingerprint density at radius 1 is 1.50 bits per heavy atom. The predicted octanol–water partition coefficient (Wildman–Crippen LogP) is 1.75. The summed E-state index contributed by atoms with van der Waals surface area (Å²) in [6.45, 7) is 0. The van der Waals surface area contributed by atoms with Crippen LogP contribution < -0.4 is 0 Å². The molecule has 0 aromatic rings. The van der Waals surface area contributed by atoms with E-state index in [-0.39, 0.29) is 0 Å². The molecule has 0 fully saturated rings. The molecule has 1 atom stereocenters. The van der Waals surface area contributed by atoms with Crippen LogP contribution in [-0.4, -0.2) is 11.1 Å². The van der Waals surface area contributed by atoms with Crippen molar-refractivity contribution in [1.82, 2.24) is 0 Å². The quantitative estimate of drug-likeness (QED) is 0.408. The summed E-state index contributed by atoms with van der Waals surface area (Å²) in [5.41, 5.74) is 0. The molecule has 0 rings (SSSR count). The van der Waals surface area contributed by atoms with E-state index in [9.17, 15) is 8.78 Å².